The van der Waals surface area contributed by atoms with Gasteiger partial charge in [0.15, 0.2) is 6.29 Å². The van der Waals surface area contributed by atoms with Crippen molar-refractivity contribution < 1.29 is 14.4 Å². The number of likely N-dealkylation sites (tertiary alicyclic amines) is 1. The van der Waals surface area contributed by atoms with Gasteiger partial charge < -0.3 is 15.1 Å². The summed E-state index contributed by atoms with van der Waals surface area (Å²) < 4.78 is 0. The number of rotatable bonds is 7. The summed E-state index contributed by atoms with van der Waals surface area (Å²) in [6, 6.07) is 6.10. The van der Waals surface area contributed by atoms with Crippen LogP contribution in [0.3, 0.4) is 0 Å². The molecule has 2 N–H and O–H groups in total. The molecule has 0 unspecified atom stereocenters. The highest BCUT2D eigenvalue weighted by Crippen LogP contribution is 2.30. The molecule has 2 saturated heterocycles. The van der Waals surface area contributed by atoms with Crippen molar-refractivity contribution in [3.05, 3.63) is 40.7 Å². The summed E-state index contributed by atoms with van der Waals surface area (Å²) in [6.07, 6.45) is 5.71. The van der Waals surface area contributed by atoms with Crippen molar-refractivity contribution in [3.63, 3.8) is 0 Å². The van der Waals surface area contributed by atoms with Crippen molar-refractivity contribution >= 4 is 35.5 Å². The largest absolute Gasteiger partial charge is 0.381 e. The van der Waals surface area contributed by atoms with E-state index in [0.29, 0.717) is 73.0 Å². The molecule has 3 amide bonds. The van der Waals surface area contributed by atoms with Crippen molar-refractivity contribution in [2.24, 2.45) is 0 Å². The second kappa shape index (κ2) is 10.8. The van der Waals surface area contributed by atoms with Crippen molar-refractivity contribution in [1.82, 2.24) is 24.7 Å². The Morgan fingerprint density at radius 3 is 2.75 bits per heavy atom. The first-order chi connectivity index (χ1) is 19.4. The minimum atomic E-state index is -0.402. The fourth-order valence-electron chi connectivity index (χ4n) is 5.65. The average molecular weight is 544 g/mol. The molecular weight excluding hydrogens is 510 g/mol. The standard InChI is InChI=1S/C28H33N9O3/c1-34-14-22(15-34)35-7-8-36(26(39)16-35)13-19-9-18-3-2-6-37(27(18)32-24(19)17-38)28(40)33-25-10-23(31-21-4-5-21)20(11-29)12-30-25/h9-10,12,17,21-22H,2-8,13-16H2,1H3,(H2,30,31,33,40). The van der Waals surface area contributed by atoms with Gasteiger partial charge in [-0.05, 0) is 44.4 Å². The lowest BCUT2D eigenvalue weighted by atomic mass is 10.0. The molecule has 3 fully saturated rings. The third-order valence-electron chi connectivity index (χ3n) is 8.10. The molecule has 0 radical (unpaired) electrons. The molecule has 1 saturated carbocycles. The average Bonchev–Trinajstić information content (AvgIpc) is 3.76. The molecule has 5 heterocycles. The van der Waals surface area contributed by atoms with Gasteiger partial charge >= 0.3 is 6.03 Å². The van der Waals surface area contributed by atoms with E-state index in [0.717, 1.165) is 50.9 Å². The number of nitrogens with one attached hydrogen (secondary N) is 2. The number of carbonyl (C=O) groups excluding carboxylic acids is 3. The smallest absolute Gasteiger partial charge is 0.328 e. The number of amides is 3. The van der Waals surface area contributed by atoms with Crippen LogP contribution in [0.15, 0.2) is 18.3 Å². The molecule has 12 nitrogen and oxygen atoms in total. The summed E-state index contributed by atoms with van der Waals surface area (Å²) in [6.45, 7) is 4.56. The molecule has 3 aliphatic heterocycles. The maximum atomic E-state index is 13.3. The van der Waals surface area contributed by atoms with Crippen LogP contribution in [-0.2, 0) is 17.8 Å². The van der Waals surface area contributed by atoms with Crippen LogP contribution >= 0.6 is 0 Å². The Morgan fingerprint density at radius 2 is 2.05 bits per heavy atom. The Kier molecular flexibility index (Phi) is 7.08. The van der Waals surface area contributed by atoms with E-state index < -0.39 is 6.03 Å². The lowest BCUT2D eigenvalue weighted by Crippen LogP contribution is -2.63. The van der Waals surface area contributed by atoms with Gasteiger partial charge in [-0.15, -0.1) is 0 Å². The molecule has 0 aromatic carbocycles. The monoisotopic (exact) mass is 543 g/mol. The number of piperazine rings is 1. The molecule has 0 atom stereocenters. The van der Waals surface area contributed by atoms with E-state index in [-0.39, 0.29) is 11.6 Å². The molecule has 6 rings (SSSR count). The summed E-state index contributed by atoms with van der Waals surface area (Å²) in [7, 11) is 2.08. The highest BCUT2D eigenvalue weighted by atomic mass is 16.2. The Bertz CT molecular complexity index is 1380. The number of aldehydes is 1. The number of pyridine rings is 2. The lowest BCUT2D eigenvalue weighted by Gasteiger charge is -2.46. The number of nitrogens with zero attached hydrogens (tertiary/aromatic N) is 7. The van der Waals surface area contributed by atoms with Gasteiger partial charge in [0.05, 0.1) is 17.8 Å². The zero-order chi connectivity index (χ0) is 27.8. The number of urea groups is 1. The fraction of sp³-hybridized carbons (Fsp3) is 0.500. The molecule has 2 aromatic heterocycles. The van der Waals surface area contributed by atoms with Crippen molar-refractivity contribution in [2.45, 2.75) is 44.3 Å². The third kappa shape index (κ3) is 5.35. The first-order valence-electron chi connectivity index (χ1n) is 13.9. The van der Waals surface area contributed by atoms with Gasteiger partial charge in [0, 0.05) is 69.2 Å². The number of fused-ring (bicyclic) bond motifs is 1. The Balaban J connectivity index is 1.16. The van der Waals surface area contributed by atoms with Gasteiger partial charge in [0.2, 0.25) is 5.91 Å². The molecule has 208 valence electrons. The SMILES string of the molecule is CN1CC(N2CCN(Cc3cc4c(nc3C=O)N(C(=O)Nc3cc(NC5CC5)c(C#N)cn3)CCC4)C(=O)C2)C1. The molecule has 12 heteroatoms. The third-order valence-corrected chi connectivity index (χ3v) is 8.10. The number of hydrogen-bond acceptors (Lipinski definition) is 9. The highest BCUT2D eigenvalue weighted by Gasteiger charge is 2.35. The fourth-order valence-corrected chi connectivity index (χ4v) is 5.65. The number of aromatic nitrogens is 2. The minimum Gasteiger partial charge on any atom is -0.381 e. The number of aryl methyl sites for hydroxylation is 1. The van der Waals surface area contributed by atoms with Gasteiger partial charge in [-0.3, -0.25) is 24.7 Å². The van der Waals surface area contributed by atoms with Gasteiger partial charge in [-0.2, -0.15) is 5.26 Å². The zero-order valence-corrected chi connectivity index (χ0v) is 22.6. The number of anilines is 3. The van der Waals surface area contributed by atoms with Gasteiger partial charge in [0.25, 0.3) is 0 Å². The van der Waals surface area contributed by atoms with Crippen molar-refractivity contribution in [3.8, 4) is 6.07 Å². The summed E-state index contributed by atoms with van der Waals surface area (Å²) in [5, 5.41) is 15.5. The Hall–Kier alpha value is -4.08. The van der Waals surface area contributed by atoms with Crippen molar-refractivity contribution in [2.75, 3.05) is 61.8 Å². The second-order valence-electron chi connectivity index (χ2n) is 11.1. The molecule has 0 spiro atoms. The van der Waals surface area contributed by atoms with Crippen LogP contribution in [0, 0.1) is 11.3 Å². The van der Waals surface area contributed by atoms with Gasteiger partial charge in [0.1, 0.15) is 23.4 Å². The second-order valence-corrected chi connectivity index (χ2v) is 11.1. The van der Waals surface area contributed by atoms with Crippen LogP contribution in [0.2, 0.25) is 0 Å². The highest BCUT2D eigenvalue weighted by molar-refractivity contribution is 6.02. The number of carbonyl (C=O) groups is 3. The predicted octanol–water partition coefficient (Wildman–Crippen LogP) is 1.68. The molecule has 0 bridgehead atoms. The van der Waals surface area contributed by atoms with Crippen LogP contribution in [0.1, 0.15) is 46.4 Å². The van der Waals surface area contributed by atoms with E-state index in [9.17, 15) is 19.6 Å². The summed E-state index contributed by atoms with van der Waals surface area (Å²) in [5.74, 6) is 0.837. The zero-order valence-electron chi connectivity index (χ0n) is 22.6. The number of hydrogen-bond donors (Lipinski definition) is 2. The van der Waals surface area contributed by atoms with E-state index in [1.54, 1.807) is 11.0 Å². The number of likely N-dealkylation sites (N-methyl/N-ethyl adjacent to an activating group) is 1. The first-order valence-corrected chi connectivity index (χ1v) is 13.9. The van der Waals surface area contributed by atoms with E-state index in [4.69, 9.17) is 0 Å². The molecule has 2 aromatic rings. The van der Waals surface area contributed by atoms with E-state index in [2.05, 4.69) is 43.5 Å². The van der Waals surface area contributed by atoms with Crippen molar-refractivity contribution in [1.29, 1.82) is 5.26 Å². The van der Waals surface area contributed by atoms with Crippen LogP contribution in [0.25, 0.3) is 0 Å². The maximum Gasteiger partial charge on any atom is 0.328 e. The summed E-state index contributed by atoms with van der Waals surface area (Å²) in [4.78, 5) is 55.0. The van der Waals surface area contributed by atoms with E-state index in [1.807, 2.05) is 6.07 Å². The molecule has 40 heavy (non-hydrogen) atoms. The first kappa shape index (κ1) is 26.2. The van der Waals surface area contributed by atoms with Crippen LogP contribution in [0.5, 0.6) is 0 Å². The maximum absolute atomic E-state index is 13.3. The van der Waals surface area contributed by atoms with Crippen LogP contribution < -0.4 is 15.5 Å². The molecule has 4 aliphatic rings. The Morgan fingerprint density at radius 1 is 1.23 bits per heavy atom. The minimum absolute atomic E-state index is 0.0573. The van der Waals surface area contributed by atoms with E-state index >= 15 is 0 Å². The summed E-state index contributed by atoms with van der Waals surface area (Å²) in [5.41, 5.74) is 2.88. The Labute approximate surface area is 232 Å². The predicted molar refractivity (Wildman–Crippen MR) is 148 cm³/mol. The van der Waals surface area contributed by atoms with Crippen LogP contribution in [-0.4, -0.2) is 101 Å². The lowest BCUT2D eigenvalue weighted by molar-refractivity contribution is -0.139. The summed E-state index contributed by atoms with van der Waals surface area (Å²) >= 11 is 0. The van der Waals surface area contributed by atoms with E-state index in [1.165, 1.54) is 11.1 Å². The normalized spacial score (nSPS) is 19.9. The molecule has 1 aliphatic carbocycles. The van der Waals surface area contributed by atoms with Crippen LogP contribution in [0.4, 0.5) is 22.1 Å². The number of nitriles is 1. The van der Waals surface area contributed by atoms with Gasteiger partial charge in [-0.25, -0.2) is 14.8 Å². The van der Waals surface area contributed by atoms with Gasteiger partial charge in [-0.1, -0.05) is 0 Å². The molecular formula is C28H33N9O3. The quantitative estimate of drug-likeness (QED) is 0.500. The topological polar surface area (TPSA) is 138 Å².